The molecular formula is C11H16N2O2. The Morgan fingerprint density at radius 2 is 2.07 bits per heavy atom. The van der Waals surface area contributed by atoms with E-state index in [9.17, 15) is 4.79 Å². The van der Waals surface area contributed by atoms with Gasteiger partial charge in [-0.15, -0.1) is 0 Å². The minimum atomic E-state index is -0.154. The first-order valence-corrected chi connectivity index (χ1v) is 4.80. The number of carbonyl (C=O) groups excluding carboxylic acids is 1. The zero-order valence-electron chi connectivity index (χ0n) is 8.99. The molecule has 0 saturated carbocycles. The van der Waals surface area contributed by atoms with Crippen molar-refractivity contribution >= 4 is 5.91 Å². The van der Waals surface area contributed by atoms with Gasteiger partial charge in [-0.2, -0.15) is 0 Å². The largest absolute Gasteiger partial charge is 0.497 e. The summed E-state index contributed by atoms with van der Waals surface area (Å²) in [4.78, 5) is 11.1. The third-order valence-corrected chi connectivity index (χ3v) is 2.18. The van der Waals surface area contributed by atoms with Crippen LogP contribution in [0.25, 0.3) is 0 Å². The van der Waals surface area contributed by atoms with Crippen molar-refractivity contribution in [1.29, 1.82) is 0 Å². The first kappa shape index (κ1) is 11.5. The van der Waals surface area contributed by atoms with Crippen molar-refractivity contribution in [3.8, 4) is 5.75 Å². The molecule has 1 aromatic rings. The Hall–Kier alpha value is -1.55. The molecule has 1 atom stereocenters. The third kappa shape index (κ3) is 3.25. The summed E-state index contributed by atoms with van der Waals surface area (Å²) in [5.74, 6) is 0.648. The highest BCUT2D eigenvalue weighted by Gasteiger charge is 2.07. The number of methoxy groups -OCH3 is 1. The van der Waals surface area contributed by atoms with Crippen LogP contribution in [0.5, 0.6) is 5.75 Å². The summed E-state index contributed by atoms with van der Waals surface area (Å²) >= 11 is 0. The highest BCUT2D eigenvalue weighted by Crippen LogP contribution is 2.16. The summed E-state index contributed by atoms with van der Waals surface area (Å²) in [6.07, 6.45) is 0. The van der Waals surface area contributed by atoms with Crippen molar-refractivity contribution < 1.29 is 9.53 Å². The Kier molecular flexibility index (Phi) is 4.12. The predicted molar refractivity (Wildman–Crippen MR) is 58.6 cm³/mol. The maximum absolute atomic E-state index is 11.1. The quantitative estimate of drug-likeness (QED) is 0.770. The molecule has 4 nitrogen and oxygen atoms in total. The average molecular weight is 208 g/mol. The molecule has 0 heterocycles. The third-order valence-electron chi connectivity index (χ3n) is 2.18. The highest BCUT2D eigenvalue weighted by molar-refractivity contribution is 5.78. The summed E-state index contributed by atoms with van der Waals surface area (Å²) in [6.45, 7) is 1.93. The Labute approximate surface area is 89.4 Å². The van der Waals surface area contributed by atoms with Gasteiger partial charge in [-0.3, -0.25) is 4.79 Å². The van der Waals surface area contributed by atoms with Crippen LogP contribution in [0.3, 0.4) is 0 Å². The highest BCUT2D eigenvalue weighted by atomic mass is 16.5. The van der Waals surface area contributed by atoms with E-state index in [4.69, 9.17) is 10.5 Å². The number of amides is 1. The molecule has 82 valence electrons. The van der Waals surface area contributed by atoms with Gasteiger partial charge in [0.05, 0.1) is 19.7 Å². The van der Waals surface area contributed by atoms with Crippen LogP contribution in [0, 0.1) is 0 Å². The zero-order valence-corrected chi connectivity index (χ0v) is 8.99. The minimum absolute atomic E-state index is 0.0144. The fourth-order valence-electron chi connectivity index (χ4n) is 1.28. The van der Waals surface area contributed by atoms with Gasteiger partial charge < -0.3 is 15.8 Å². The van der Waals surface area contributed by atoms with Crippen molar-refractivity contribution in [2.24, 2.45) is 5.73 Å². The Morgan fingerprint density at radius 3 is 2.53 bits per heavy atom. The molecule has 0 radical (unpaired) electrons. The van der Waals surface area contributed by atoms with Crippen molar-refractivity contribution in [1.82, 2.24) is 5.32 Å². The van der Waals surface area contributed by atoms with Crippen LogP contribution in [0.2, 0.25) is 0 Å². The van der Waals surface area contributed by atoms with Crippen LogP contribution in [0.4, 0.5) is 0 Å². The van der Waals surface area contributed by atoms with Crippen LogP contribution in [-0.2, 0) is 4.79 Å². The van der Waals surface area contributed by atoms with Crippen LogP contribution in [-0.4, -0.2) is 19.6 Å². The number of hydrogen-bond acceptors (Lipinski definition) is 3. The van der Waals surface area contributed by atoms with Crippen LogP contribution in [0.15, 0.2) is 24.3 Å². The molecule has 1 amide bonds. The molecule has 3 N–H and O–H groups in total. The van der Waals surface area contributed by atoms with E-state index < -0.39 is 0 Å². The van der Waals surface area contributed by atoms with E-state index >= 15 is 0 Å². The molecule has 1 rings (SSSR count). The van der Waals surface area contributed by atoms with E-state index in [-0.39, 0.29) is 18.5 Å². The smallest absolute Gasteiger partial charge is 0.234 e. The molecule has 0 fully saturated rings. The van der Waals surface area contributed by atoms with E-state index in [0.717, 1.165) is 11.3 Å². The van der Waals surface area contributed by atoms with Crippen molar-refractivity contribution in [2.45, 2.75) is 13.0 Å². The maximum atomic E-state index is 11.1. The van der Waals surface area contributed by atoms with Gasteiger partial charge in [-0.1, -0.05) is 12.1 Å². The van der Waals surface area contributed by atoms with Gasteiger partial charge in [-0.25, -0.2) is 0 Å². The van der Waals surface area contributed by atoms with E-state index in [0.29, 0.717) is 0 Å². The molecule has 0 aliphatic heterocycles. The Bertz CT molecular complexity index is 322. The Balaban J connectivity index is 2.65. The number of benzene rings is 1. The fourth-order valence-corrected chi connectivity index (χ4v) is 1.28. The molecular weight excluding hydrogens is 192 g/mol. The molecule has 1 aromatic carbocycles. The first-order valence-electron chi connectivity index (χ1n) is 4.80. The van der Waals surface area contributed by atoms with Gasteiger partial charge >= 0.3 is 0 Å². The van der Waals surface area contributed by atoms with Crippen molar-refractivity contribution in [2.75, 3.05) is 13.7 Å². The maximum Gasteiger partial charge on any atom is 0.234 e. The van der Waals surface area contributed by atoms with E-state index in [1.165, 1.54) is 0 Å². The molecule has 0 aromatic heterocycles. The second-order valence-corrected chi connectivity index (χ2v) is 3.27. The first-order chi connectivity index (χ1) is 7.17. The van der Waals surface area contributed by atoms with Crippen molar-refractivity contribution in [3.05, 3.63) is 29.8 Å². The number of nitrogens with two attached hydrogens (primary N) is 1. The average Bonchev–Trinajstić information content (AvgIpc) is 2.29. The molecule has 15 heavy (non-hydrogen) atoms. The van der Waals surface area contributed by atoms with Crippen LogP contribution in [0.1, 0.15) is 18.5 Å². The summed E-state index contributed by atoms with van der Waals surface area (Å²) in [5, 5.41) is 2.78. The molecule has 0 bridgehead atoms. The normalized spacial score (nSPS) is 11.9. The minimum Gasteiger partial charge on any atom is -0.497 e. The number of hydrogen-bond donors (Lipinski definition) is 2. The molecule has 0 spiro atoms. The van der Waals surface area contributed by atoms with Gasteiger partial charge in [0.25, 0.3) is 0 Å². The summed E-state index contributed by atoms with van der Waals surface area (Å²) in [6, 6.07) is 7.52. The lowest BCUT2D eigenvalue weighted by atomic mass is 10.1. The number of rotatable bonds is 4. The van der Waals surface area contributed by atoms with Crippen molar-refractivity contribution in [3.63, 3.8) is 0 Å². The SMILES string of the molecule is COc1ccc(C(C)NC(=O)CN)cc1. The Morgan fingerprint density at radius 1 is 1.47 bits per heavy atom. The fraction of sp³-hybridized carbons (Fsp3) is 0.364. The van der Waals surface area contributed by atoms with Gasteiger partial charge in [0.2, 0.25) is 5.91 Å². The topological polar surface area (TPSA) is 64.3 Å². The zero-order chi connectivity index (χ0) is 11.3. The second kappa shape index (κ2) is 5.36. The molecule has 0 aliphatic carbocycles. The summed E-state index contributed by atoms with van der Waals surface area (Å²) < 4.78 is 5.04. The lowest BCUT2D eigenvalue weighted by molar-refractivity contribution is -0.120. The van der Waals surface area contributed by atoms with E-state index in [1.54, 1.807) is 7.11 Å². The summed E-state index contributed by atoms with van der Waals surface area (Å²) in [7, 11) is 1.62. The molecule has 0 aliphatic rings. The number of nitrogens with one attached hydrogen (secondary N) is 1. The summed E-state index contributed by atoms with van der Waals surface area (Å²) in [5.41, 5.74) is 6.24. The molecule has 1 unspecified atom stereocenters. The monoisotopic (exact) mass is 208 g/mol. The second-order valence-electron chi connectivity index (χ2n) is 3.27. The molecule has 4 heteroatoms. The number of carbonyl (C=O) groups is 1. The van der Waals surface area contributed by atoms with Crippen LogP contribution >= 0.6 is 0 Å². The van der Waals surface area contributed by atoms with E-state index in [2.05, 4.69) is 5.32 Å². The lowest BCUT2D eigenvalue weighted by Gasteiger charge is -2.13. The predicted octanol–water partition coefficient (Wildman–Crippen LogP) is 0.831. The van der Waals surface area contributed by atoms with Gasteiger partial charge in [-0.05, 0) is 24.6 Å². The van der Waals surface area contributed by atoms with Gasteiger partial charge in [0.1, 0.15) is 5.75 Å². The van der Waals surface area contributed by atoms with Gasteiger partial charge in [0.15, 0.2) is 0 Å². The standard InChI is InChI=1S/C11H16N2O2/c1-8(13-11(14)7-12)9-3-5-10(15-2)6-4-9/h3-6,8H,7,12H2,1-2H3,(H,13,14). The molecule has 0 saturated heterocycles. The number of ether oxygens (including phenoxy) is 1. The van der Waals surface area contributed by atoms with Crippen LogP contribution < -0.4 is 15.8 Å². The van der Waals surface area contributed by atoms with Gasteiger partial charge in [0, 0.05) is 0 Å². The van der Waals surface area contributed by atoms with E-state index in [1.807, 2.05) is 31.2 Å². The lowest BCUT2D eigenvalue weighted by Crippen LogP contribution is -2.32.